The zero-order valence-corrected chi connectivity index (χ0v) is 13.9. The Morgan fingerprint density at radius 2 is 2.00 bits per heavy atom. The van der Waals surface area contributed by atoms with Crippen LogP contribution in [0.15, 0.2) is 24.3 Å². The SMILES string of the molecule is CC(C)(Cc1ccccc1Cl)NC(=O)CCC1NC(=O)NC1=O. The predicted molar refractivity (Wildman–Crippen MR) is 87.1 cm³/mol. The van der Waals surface area contributed by atoms with Crippen LogP contribution in [0.5, 0.6) is 0 Å². The van der Waals surface area contributed by atoms with Crippen LogP contribution in [0.3, 0.4) is 0 Å². The number of amides is 4. The van der Waals surface area contributed by atoms with Gasteiger partial charge < -0.3 is 10.6 Å². The minimum Gasteiger partial charge on any atom is -0.351 e. The largest absolute Gasteiger partial charge is 0.351 e. The smallest absolute Gasteiger partial charge is 0.322 e. The predicted octanol–water partition coefficient (Wildman–Crippen LogP) is 1.77. The van der Waals surface area contributed by atoms with Crippen molar-refractivity contribution in [3.63, 3.8) is 0 Å². The topological polar surface area (TPSA) is 87.3 Å². The molecule has 0 aromatic heterocycles. The maximum Gasteiger partial charge on any atom is 0.322 e. The summed E-state index contributed by atoms with van der Waals surface area (Å²) in [6.07, 6.45) is 1.02. The fourth-order valence-corrected chi connectivity index (χ4v) is 2.74. The highest BCUT2D eigenvalue weighted by molar-refractivity contribution is 6.31. The van der Waals surface area contributed by atoms with Crippen molar-refractivity contribution in [2.24, 2.45) is 0 Å². The van der Waals surface area contributed by atoms with Crippen LogP contribution in [0.2, 0.25) is 5.02 Å². The molecule has 1 aromatic rings. The molecule has 1 aromatic carbocycles. The van der Waals surface area contributed by atoms with Gasteiger partial charge in [0.25, 0.3) is 5.91 Å². The lowest BCUT2D eigenvalue weighted by atomic mass is 9.94. The molecular weight excluding hydrogens is 318 g/mol. The Balaban J connectivity index is 1.85. The number of hydrogen-bond acceptors (Lipinski definition) is 3. The second-order valence-corrected chi connectivity index (χ2v) is 6.66. The van der Waals surface area contributed by atoms with E-state index in [1.54, 1.807) is 0 Å². The second kappa shape index (κ2) is 7.00. The lowest BCUT2D eigenvalue weighted by molar-refractivity contribution is -0.123. The molecule has 1 aliphatic rings. The molecule has 0 aliphatic carbocycles. The van der Waals surface area contributed by atoms with Crippen LogP contribution >= 0.6 is 11.6 Å². The number of carbonyl (C=O) groups is 3. The van der Waals surface area contributed by atoms with E-state index in [0.717, 1.165) is 5.56 Å². The first kappa shape index (κ1) is 17.3. The summed E-state index contributed by atoms with van der Waals surface area (Å²) in [5, 5.41) is 8.22. The number of hydrogen-bond donors (Lipinski definition) is 3. The van der Waals surface area contributed by atoms with Crippen LogP contribution < -0.4 is 16.0 Å². The molecule has 0 bridgehead atoms. The van der Waals surface area contributed by atoms with E-state index in [1.807, 2.05) is 38.1 Å². The van der Waals surface area contributed by atoms with Crippen molar-refractivity contribution in [2.45, 2.75) is 44.7 Å². The van der Waals surface area contributed by atoms with Gasteiger partial charge in [-0.25, -0.2) is 4.79 Å². The van der Waals surface area contributed by atoms with Gasteiger partial charge in [-0.3, -0.25) is 14.9 Å². The number of imide groups is 1. The quantitative estimate of drug-likeness (QED) is 0.691. The summed E-state index contributed by atoms with van der Waals surface area (Å²) in [7, 11) is 0. The van der Waals surface area contributed by atoms with E-state index in [0.29, 0.717) is 11.4 Å². The Labute approximate surface area is 140 Å². The van der Waals surface area contributed by atoms with Crippen LogP contribution in [0, 0.1) is 0 Å². The third-order valence-electron chi connectivity index (χ3n) is 3.59. The van der Waals surface area contributed by atoms with Gasteiger partial charge in [-0.05, 0) is 38.3 Å². The fourth-order valence-electron chi connectivity index (χ4n) is 2.54. The van der Waals surface area contributed by atoms with Crippen molar-refractivity contribution < 1.29 is 14.4 Å². The molecule has 1 heterocycles. The highest BCUT2D eigenvalue weighted by atomic mass is 35.5. The number of urea groups is 1. The van der Waals surface area contributed by atoms with Gasteiger partial charge in [-0.2, -0.15) is 0 Å². The summed E-state index contributed by atoms with van der Waals surface area (Å²) in [5.74, 6) is -0.561. The lowest BCUT2D eigenvalue weighted by Crippen LogP contribution is -2.45. The van der Waals surface area contributed by atoms with Gasteiger partial charge in [-0.1, -0.05) is 29.8 Å². The number of nitrogens with one attached hydrogen (secondary N) is 3. The first-order valence-corrected chi connectivity index (χ1v) is 7.80. The molecule has 2 rings (SSSR count). The minimum absolute atomic E-state index is 0.157. The van der Waals surface area contributed by atoms with Crippen molar-refractivity contribution in [3.8, 4) is 0 Å². The molecule has 3 N–H and O–H groups in total. The first-order valence-electron chi connectivity index (χ1n) is 7.42. The number of carbonyl (C=O) groups excluding carboxylic acids is 3. The summed E-state index contributed by atoms with van der Waals surface area (Å²) in [4.78, 5) is 34.5. The van der Waals surface area contributed by atoms with E-state index in [9.17, 15) is 14.4 Å². The van der Waals surface area contributed by atoms with E-state index in [4.69, 9.17) is 11.6 Å². The van der Waals surface area contributed by atoms with Crippen LogP contribution in [-0.2, 0) is 16.0 Å². The Kier molecular flexibility index (Phi) is 5.26. The van der Waals surface area contributed by atoms with Crippen molar-refractivity contribution in [1.82, 2.24) is 16.0 Å². The van der Waals surface area contributed by atoms with Gasteiger partial charge >= 0.3 is 6.03 Å². The Bertz CT molecular complexity index is 631. The molecule has 1 fully saturated rings. The molecule has 7 heteroatoms. The average molecular weight is 338 g/mol. The maximum absolute atomic E-state index is 12.1. The van der Waals surface area contributed by atoms with E-state index in [2.05, 4.69) is 16.0 Å². The third-order valence-corrected chi connectivity index (χ3v) is 3.96. The van der Waals surface area contributed by atoms with Gasteiger partial charge in [0.1, 0.15) is 6.04 Å². The highest BCUT2D eigenvalue weighted by Gasteiger charge is 2.30. The molecule has 0 radical (unpaired) electrons. The van der Waals surface area contributed by atoms with Crippen LogP contribution in [0.1, 0.15) is 32.3 Å². The number of rotatable bonds is 6. The Morgan fingerprint density at radius 3 is 2.61 bits per heavy atom. The van der Waals surface area contributed by atoms with Gasteiger partial charge in [-0.15, -0.1) is 0 Å². The molecule has 6 nitrogen and oxygen atoms in total. The molecule has 0 spiro atoms. The second-order valence-electron chi connectivity index (χ2n) is 6.25. The normalized spacial score (nSPS) is 17.6. The maximum atomic E-state index is 12.1. The molecule has 4 amide bonds. The standard InChI is InChI=1S/C16H20ClN3O3/c1-16(2,9-10-5-3-4-6-11(10)17)20-13(21)8-7-12-14(22)19-15(23)18-12/h3-6,12H,7-9H2,1-2H3,(H,20,21)(H2,18,19,22,23). The minimum atomic E-state index is -0.639. The Morgan fingerprint density at radius 1 is 1.30 bits per heavy atom. The molecular formula is C16H20ClN3O3. The molecule has 1 aliphatic heterocycles. The average Bonchev–Trinajstić information content (AvgIpc) is 2.76. The summed E-state index contributed by atoms with van der Waals surface area (Å²) >= 11 is 6.15. The molecule has 0 saturated carbocycles. The highest BCUT2D eigenvalue weighted by Crippen LogP contribution is 2.21. The van der Waals surface area contributed by atoms with Crippen molar-refractivity contribution in [3.05, 3.63) is 34.9 Å². The fraction of sp³-hybridized carbons (Fsp3) is 0.438. The summed E-state index contributed by atoms with van der Waals surface area (Å²) in [6.45, 7) is 3.83. The molecule has 124 valence electrons. The van der Waals surface area contributed by atoms with Gasteiger partial charge in [0, 0.05) is 17.0 Å². The summed E-state index contributed by atoms with van der Waals surface area (Å²) in [5.41, 5.74) is 0.491. The monoisotopic (exact) mass is 337 g/mol. The van der Waals surface area contributed by atoms with Crippen LogP contribution in [0.4, 0.5) is 4.79 Å². The molecule has 23 heavy (non-hydrogen) atoms. The van der Waals surface area contributed by atoms with Crippen LogP contribution in [0.25, 0.3) is 0 Å². The van der Waals surface area contributed by atoms with Crippen molar-refractivity contribution in [2.75, 3.05) is 0 Å². The summed E-state index contributed by atoms with van der Waals surface area (Å²) in [6, 6.07) is 6.35. The van der Waals surface area contributed by atoms with E-state index >= 15 is 0 Å². The van der Waals surface area contributed by atoms with E-state index < -0.39 is 23.5 Å². The third kappa shape index (κ3) is 4.96. The van der Waals surface area contributed by atoms with Crippen molar-refractivity contribution in [1.29, 1.82) is 0 Å². The van der Waals surface area contributed by atoms with Crippen LogP contribution in [-0.4, -0.2) is 29.4 Å². The number of halogens is 1. The summed E-state index contributed by atoms with van der Waals surface area (Å²) < 4.78 is 0. The lowest BCUT2D eigenvalue weighted by Gasteiger charge is -2.27. The number of benzene rings is 1. The Hall–Kier alpha value is -2.08. The molecule has 1 atom stereocenters. The van der Waals surface area contributed by atoms with Gasteiger partial charge in [0.15, 0.2) is 0 Å². The van der Waals surface area contributed by atoms with Gasteiger partial charge in [0.05, 0.1) is 0 Å². The first-order chi connectivity index (χ1) is 10.8. The zero-order valence-electron chi connectivity index (χ0n) is 13.1. The van der Waals surface area contributed by atoms with E-state index in [-0.39, 0.29) is 18.7 Å². The zero-order chi connectivity index (χ0) is 17.0. The molecule has 1 unspecified atom stereocenters. The van der Waals surface area contributed by atoms with E-state index in [1.165, 1.54) is 0 Å². The molecule has 1 saturated heterocycles. The van der Waals surface area contributed by atoms with Gasteiger partial charge in [0.2, 0.25) is 5.91 Å². The van der Waals surface area contributed by atoms with Crippen molar-refractivity contribution >= 4 is 29.4 Å².